The summed E-state index contributed by atoms with van der Waals surface area (Å²) in [6.07, 6.45) is 2.69. The molecule has 36 heavy (non-hydrogen) atoms. The molecule has 11 nitrogen and oxygen atoms in total. The van der Waals surface area contributed by atoms with Gasteiger partial charge in [0.25, 0.3) is 0 Å². The lowest BCUT2D eigenvalue weighted by Crippen LogP contribution is -2.25. The summed E-state index contributed by atoms with van der Waals surface area (Å²) in [7, 11) is 0. The first-order valence-corrected chi connectivity index (χ1v) is 11.6. The van der Waals surface area contributed by atoms with E-state index in [4.69, 9.17) is 0 Å². The van der Waals surface area contributed by atoms with Crippen molar-refractivity contribution in [2.24, 2.45) is 0 Å². The molecule has 0 fully saturated rings. The number of carboxylic acid groups (broad SMARTS) is 4. The molecule has 0 unspecified atom stereocenters. The summed E-state index contributed by atoms with van der Waals surface area (Å²) in [6.45, 7) is 8.82. The normalized spacial score (nSPS) is 10.3. The number of hydrogen-bond acceptors (Lipinski definition) is 12. The lowest BCUT2D eigenvalue weighted by molar-refractivity contribution is -0.301. The van der Waals surface area contributed by atoms with Gasteiger partial charge >= 0.3 is 0 Å². The van der Waals surface area contributed by atoms with Crippen molar-refractivity contribution in [3.8, 4) is 11.3 Å². The summed E-state index contributed by atoms with van der Waals surface area (Å²) in [4.78, 5) is 44.7. The van der Waals surface area contributed by atoms with Crippen molar-refractivity contribution in [3.63, 3.8) is 0 Å². The summed E-state index contributed by atoms with van der Waals surface area (Å²) in [5.74, 6) is -6.19. The fourth-order valence-corrected chi connectivity index (χ4v) is 3.15. The number of carbonyl (C=O) groups is 4. The Morgan fingerprint density at radius 3 is 1.75 bits per heavy atom. The van der Waals surface area contributed by atoms with Gasteiger partial charge in [-0.15, -0.1) is 11.3 Å². The molecule has 0 amide bonds. The fourth-order valence-electron chi connectivity index (χ4n) is 2.41. The maximum absolute atomic E-state index is 9.41. The van der Waals surface area contributed by atoms with E-state index in [1.54, 1.807) is 11.3 Å². The number of benzene rings is 1. The van der Waals surface area contributed by atoms with Crippen LogP contribution in [-0.4, -0.2) is 59.9 Å². The molecule has 1 heterocycles. The number of anilines is 1. The number of thiazole rings is 1. The molecule has 196 valence electrons. The summed E-state index contributed by atoms with van der Waals surface area (Å²) < 4.78 is 0. The first-order chi connectivity index (χ1) is 17.1. The van der Waals surface area contributed by atoms with Crippen LogP contribution in [0, 0.1) is 0 Å². The number of aromatic nitrogens is 1. The Balaban J connectivity index is 0.000000634. The molecule has 2 aromatic rings. The molecule has 0 saturated heterocycles. The van der Waals surface area contributed by atoms with Crippen LogP contribution in [0.3, 0.4) is 0 Å². The van der Waals surface area contributed by atoms with E-state index in [0.717, 1.165) is 43.4 Å². The van der Waals surface area contributed by atoms with Gasteiger partial charge in [-0.25, -0.2) is 4.98 Å². The molecule has 1 N–H and O–H groups in total. The third-order valence-electron chi connectivity index (χ3n) is 4.11. The second kappa shape index (κ2) is 19.3. The number of carboxylic acids is 4. The maximum atomic E-state index is 9.41. The van der Waals surface area contributed by atoms with Crippen LogP contribution in [0.5, 0.6) is 0 Å². The predicted molar refractivity (Wildman–Crippen MR) is 127 cm³/mol. The van der Waals surface area contributed by atoms with Gasteiger partial charge in [0.2, 0.25) is 0 Å². The van der Waals surface area contributed by atoms with Gasteiger partial charge in [0, 0.05) is 17.5 Å². The largest absolute Gasteiger partial charge is 0.545 e. The molecule has 0 saturated carbocycles. The van der Waals surface area contributed by atoms with Crippen molar-refractivity contribution in [2.45, 2.75) is 20.3 Å². The zero-order valence-electron chi connectivity index (χ0n) is 19.9. The lowest BCUT2D eigenvalue weighted by Gasteiger charge is -2.17. The van der Waals surface area contributed by atoms with E-state index >= 15 is 0 Å². The molecule has 12 heteroatoms. The van der Waals surface area contributed by atoms with Crippen molar-refractivity contribution < 1.29 is 39.6 Å². The van der Waals surface area contributed by atoms with Crippen LogP contribution in [0.2, 0.25) is 0 Å². The Morgan fingerprint density at radius 2 is 1.33 bits per heavy atom. The molecule has 0 radical (unpaired) electrons. The molecule has 0 aliphatic rings. The minimum Gasteiger partial charge on any atom is -0.545 e. The Bertz CT molecular complexity index is 936. The van der Waals surface area contributed by atoms with Crippen molar-refractivity contribution in [1.82, 2.24) is 9.88 Å². The summed E-state index contributed by atoms with van der Waals surface area (Å²) in [6, 6.07) is 10.3. The highest BCUT2D eigenvalue weighted by Crippen LogP contribution is 2.24. The van der Waals surface area contributed by atoms with E-state index in [1.165, 1.54) is 5.56 Å². The van der Waals surface area contributed by atoms with Crippen molar-refractivity contribution in [2.75, 3.05) is 31.5 Å². The summed E-state index contributed by atoms with van der Waals surface area (Å²) >= 11 is 1.68. The third kappa shape index (κ3) is 17.4. The fraction of sp³-hybridized carbons (Fsp3) is 0.292. The van der Waals surface area contributed by atoms with Gasteiger partial charge in [0.05, 0.1) is 29.6 Å². The molecule has 0 aliphatic heterocycles. The highest BCUT2D eigenvalue weighted by molar-refractivity contribution is 7.14. The zero-order valence-corrected chi connectivity index (χ0v) is 20.7. The number of carbonyl (C=O) groups excluding carboxylic acids is 4. The van der Waals surface area contributed by atoms with Gasteiger partial charge in [0.1, 0.15) is 0 Å². The Kier molecular flexibility index (Phi) is 17.1. The molecular weight excluding hydrogens is 490 g/mol. The smallest absolute Gasteiger partial charge is 0.183 e. The van der Waals surface area contributed by atoms with E-state index in [9.17, 15) is 39.6 Å². The zero-order chi connectivity index (χ0) is 27.3. The minimum absolute atomic E-state index is 0.384. The van der Waals surface area contributed by atoms with Crippen molar-refractivity contribution in [1.29, 1.82) is 0 Å². The number of nitrogens with zero attached hydrogens (tertiary/aromatic N) is 2. The maximum Gasteiger partial charge on any atom is 0.183 e. The van der Waals surface area contributed by atoms with Crippen LogP contribution >= 0.6 is 11.3 Å². The Hall–Kier alpha value is -4.03. The second-order valence-corrected chi connectivity index (χ2v) is 7.51. The third-order valence-corrected chi connectivity index (χ3v) is 4.91. The van der Waals surface area contributed by atoms with Crippen LogP contribution in [0.25, 0.3) is 11.3 Å². The summed E-state index contributed by atoms with van der Waals surface area (Å²) in [5, 5.41) is 44.2. The first-order valence-electron chi connectivity index (χ1n) is 10.8. The van der Waals surface area contributed by atoms with Gasteiger partial charge in [-0.1, -0.05) is 44.2 Å². The SMILES string of the molecule is CCN(CC)CCCNc1nc(-c2ccccc2)cs1.O=C([O-])/C=C\C(=O)[O-].O=C([O-])/C=C\C(=O)[O-]. The number of hydrogen-bond donors (Lipinski definition) is 1. The van der Waals surface area contributed by atoms with Crippen molar-refractivity contribution in [3.05, 3.63) is 60.0 Å². The van der Waals surface area contributed by atoms with Crippen LogP contribution in [0.1, 0.15) is 20.3 Å². The second-order valence-electron chi connectivity index (χ2n) is 6.65. The van der Waals surface area contributed by atoms with Crippen LogP contribution in [0.4, 0.5) is 5.13 Å². The van der Waals surface area contributed by atoms with E-state index in [-0.39, 0.29) is 0 Å². The number of rotatable bonds is 12. The standard InChI is InChI=1S/C16H23N3S.2C4H4O4/c1-3-19(4-2)12-8-11-17-16-18-15(13-20-16)14-9-6-5-7-10-14;2*5-3(6)1-2-4(7)8/h5-7,9-10,13H,3-4,8,11-12H2,1-2H3,(H,17,18);2*1-2H,(H,5,6)(H,7,8)/p-4/b;2*2-1-. The van der Waals surface area contributed by atoms with Gasteiger partial charge in [-0.2, -0.15) is 0 Å². The number of nitrogens with one attached hydrogen (secondary N) is 1. The van der Waals surface area contributed by atoms with Crippen LogP contribution < -0.4 is 25.7 Å². The molecule has 0 aliphatic carbocycles. The van der Waals surface area contributed by atoms with Gasteiger partial charge < -0.3 is 49.8 Å². The van der Waals surface area contributed by atoms with E-state index in [2.05, 4.69) is 46.6 Å². The van der Waals surface area contributed by atoms with E-state index in [1.807, 2.05) is 18.2 Å². The van der Waals surface area contributed by atoms with Gasteiger partial charge in [0.15, 0.2) is 5.13 Å². The average molecular weight is 518 g/mol. The topological polar surface area (TPSA) is 189 Å². The number of aliphatic carboxylic acids is 4. The average Bonchev–Trinajstić information content (AvgIpc) is 3.32. The molecule has 1 aromatic heterocycles. The Labute approximate surface area is 213 Å². The molecule has 0 atom stereocenters. The van der Waals surface area contributed by atoms with Gasteiger partial charge in [-0.3, -0.25) is 0 Å². The molecule has 1 aromatic carbocycles. The quantitative estimate of drug-likeness (QED) is 0.243. The predicted octanol–water partition coefficient (Wildman–Crippen LogP) is -1.96. The molecular formula is C24H27N3O8S-4. The highest BCUT2D eigenvalue weighted by atomic mass is 32.1. The lowest BCUT2D eigenvalue weighted by atomic mass is 10.2. The molecule has 0 spiro atoms. The molecule has 0 bridgehead atoms. The van der Waals surface area contributed by atoms with Crippen LogP contribution in [-0.2, 0) is 19.2 Å². The Morgan fingerprint density at radius 1 is 0.861 bits per heavy atom. The van der Waals surface area contributed by atoms with Gasteiger partial charge in [-0.05, 0) is 50.4 Å². The molecule has 2 rings (SSSR count). The van der Waals surface area contributed by atoms with Crippen LogP contribution in [0.15, 0.2) is 60.0 Å². The van der Waals surface area contributed by atoms with E-state index < -0.39 is 23.9 Å². The summed E-state index contributed by atoms with van der Waals surface area (Å²) in [5.41, 5.74) is 2.24. The van der Waals surface area contributed by atoms with Crippen molar-refractivity contribution >= 4 is 40.3 Å². The minimum atomic E-state index is -1.55. The highest BCUT2D eigenvalue weighted by Gasteiger charge is 2.04. The first kappa shape index (κ1) is 32.0. The van der Waals surface area contributed by atoms with E-state index in [0.29, 0.717) is 24.3 Å². The monoisotopic (exact) mass is 517 g/mol.